The van der Waals surface area contributed by atoms with E-state index in [1.807, 2.05) is 18.2 Å². The highest BCUT2D eigenvalue weighted by atomic mass is 16.5. The average molecular weight is 293 g/mol. The molecule has 1 atom stereocenters. The lowest BCUT2D eigenvalue weighted by molar-refractivity contribution is 0.0486. The van der Waals surface area contributed by atoms with Crippen molar-refractivity contribution in [3.05, 3.63) is 29.8 Å². The van der Waals surface area contributed by atoms with Gasteiger partial charge in [-0.15, -0.1) is 0 Å². The van der Waals surface area contributed by atoms with Crippen LogP contribution in [0.4, 0.5) is 0 Å². The van der Waals surface area contributed by atoms with Crippen LogP contribution < -0.4 is 10.1 Å². The quantitative estimate of drug-likeness (QED) is 0.582. The van der Waals surface area contributed by atoms with Crippen LogP contribution >= 0.6 is 0 Å². The van der Waals surface area contributed by atoms with Crippen LogP contribution in [0.15, 0.2) is 24.3 Å². The number of benzene rings is 1. The zero-order chi connectivity index (χ0) is 15.3. The third kappa shape index (κ3) is 6.96. The maximum Gasteiger partial charge on any atom is 0.124 e. The minimum atomic E-state index is 0.0623. The van der Waals surface area contributed by atoms with E-state index in [2.05, 4.69) is 25.2 Å². The number of para-hydroxylation sites is 1. The smallest absolute Gasteiger partial charge is 0.124 e. The molecule has 3 nitrogen and oxygen atoms in total. The summed E-state index contributed by atoms with van der Waals surface area (Å²) in [6, 6.07) is 8.13. The number of methoxy groups -OCH3 is 1. The summed E-state index contributed by atoms with van der Waals surface area (Å²) in [5.41, 5.74) is 1.13. The van der Waals surface area contributed by atoms with Crippen molar-refractivity contribution in [3.8, 4) is 5.75 Å². The molecule has 0 saturated carbocycles. The number of unbranched alkanes of at least 4 members (excludes halogenated alkanes) is 4. The Kier molecular flexibility index (Phi) is 9.92. The zero-order valence-electron chi connectivity index (χ0n) is 13.9. The van der Waals surface area contributed by atoms with Crippen molar-refractivity contribution in [2.24, 2.45) is 0 Å². The fourth-order valence-corrected chi connectivity index (χ4v) is 2.40. The lowest BCUT2D eigenvalue weighted by atomic mass is 10.1. The molecule has 21 heavy (non-hydrogen) atoms. The van der Waals surface area contributed by atoms with Gasteiger partial charge in [0.25, 0.3) is 0 Å². The van der Waals surface area contributed by atoms with E-state index in [-0.39, 0.29) is 6.10 Å². The molecule has 0 amide bonds. The SMILES string of the molecule is CCCCCCCOC(CNCC)c1ccccc1OC. The first kappa shape index (κ1) is 18.0. The second-order valence-corrected chi connectivity index (χ2v) is 5.32. The molecule has 1 N–H and O–H groups in total. The number of hydrogen-bond acceptors (Lipinski definition) is 3. The van der Waals surface area contributed by atoms with Crippen molar-refractivity contribution in [2.75, 3.05) is 26.8 Å². The Balaban J connectivity index is 2.51. The Morgan fingerprint density at radius 1 is 1.05 bits per heavy atom. The molecule has 0 aromatic heterocycles. The molecule has 1 rings (SSSR count). The van der Waals surface area contributed by atoms with Gasteiger partial charge in [-0.25, -0.2) is 0 Å². The van der Waals surface area contributed by atoms with Crippen molar-refractivity contribution in [2.45, 2.75) is 52.1 Å². The van der Waals surface area contributed by atoms with E-state index in [0.717, 1.165) is 37.4 Å². The van der Waals surface area contributed by atoms with Gasteiger partial charge in [-0.05, 0) is 19.0 Å². The fraction of sp³-hybridized carbons (Fsp3) is 0.667. The Hall–Kier alpha value is -1.06. The minimum Gasteiger partial charge on any atom is -0.496 e. The fourth-order valence-electron chi connectivity index (χ4n) is 2.40. The van der Waals surface area contributed by atoms with E-state index in [1.54, 1.807) is 7.11 Å². The second kappa shape index (κ2) is 11.6. The van der Waals surface area contributed by atoms with Crippen LogP contribution in [0.3, 0.4) is 0 Å². The summed E-state index contributed by atoms with van der Waals surface area (Å²) >= 11 is 0. The summed E-state index contributed by atoms with van der Waals surface area (Å²) in [6.45, 7) is 6.95. The summed E-state index contributed by atoms with van der Waals surface area (Å²) in [5, 5.41) is 3.38. The van der Waals surface area contributed by atoms with Crippen molar-refractivity contribution in [3.63, 3.8) is 0 Å². The van der Waals surface area contributed by atoms with Crippen LogP contribution in [0.5, 0.6) is 5.75 Å². The van der Waals surface area contributed by atoms with E-state index in [1.165, 1.54) is 25.7 Å². The number of rotatable bonds is 12. The van der Waals surface area contributed by atoms with Crippen LogP contribution in [-0.2, 0) is 4.74 Å². The number of hydrogen-bond donors (Lipinski definition) is 1. The van der Waals surface area contributed by atoms with Gasteiger partial charge in [0.1, 0.15) is 5.75 Å². The van der Waals surface area contributed by atoms with Gasteiger partial charge in [0, 0.05) is 18.7 Å². The molecular formula is C18H31NO2. The largest absolute Gasteiger partial charge is 0.496 e. The highest BCUT2D eigenvalue weighted by Gasteiger charge is 2.15. The first-order valence-corrected chi connectivity index (χ1v) is 8.28. The van der Waals surface area contributed by atoms with Crippen molar-refractivity contribution >= 4 is 0 Å². The average Bonchev–Trinajstić information content (AvgIpc) is 2.53. The predicted molar refractivity (Wildman–Crippen MR) is 89.0 cm³/mol. The van der Waals surface area contributed by atoms with Crippen LogP contribution in [0.2, 0.25) is 0 Å². The van der Waals surface area contributed by atoms with Gasteiger partial charge in [0.2, 0.25) is 0 Å². The summed E-state index contributed by atoms with van der Waals surface area (Å²) in [6.07, 6.45) is 6.38. The first-order valence-electron chi connectivity index (χ1n) is 8.28. The maximum atomic E-state index is 6.11. The molecule has 0 saturated heterocycles. The summed E-state index contributed by atoms with van der Waals surface area (Å²) in [5.74, 6) is 0.909. The Labute approximate surface area is 130 Å². The molecule has 0 fully saturated rings. The molecule has 0 bridgehead atoms. The second-order valence-electron chi connectivity index (χ2n) is 5.32. The standard InChI is InChI=1S/C18H31NO2/c1-4-6-7-8-11-14-21-18(15-19-5-2)16-12-9-10-13-17(16)20-3/h9-10,12-13,18-19H,4-8,11,14-15H2,1-3H3. The molecule has 0 spiro atoms. The number of nitrogens with one attached hydrogen (secondary N) is 1. The van der Waals surface area contributed by atoms with Crippen molar-refractivity contribution < 1.29 is 9.47 Å². The topological polar surface area (TPSA) is 30.5 Å². The number of likely N-dealkylation sites (N-methyl/N-ethyl adjacent to an activating group) is 1. The van der Waals surface area contributed by atoms with Gasteiger partial charge < -0.3 is 14.8 Å². The molecule has 1 unspecified atom stereocenters. The first-order chi connectivity index (χ1) is 10.3. The van der Waals surface area contributed by atoms with Crippen molar-refractivity contribution in [1.29, 1.82) is 0 Å². The molecule has 120 valence electrons. The number of ether oxygens (including phenoxy) is 2. The van der Waals surface area contributed by atoms with Crippen LogP contribution in [-0.4, -0.2) is 26.8 Å². The molecule has 1 aromatic rings. The van der Waals surface area contributed by atoms with Crippen molar-refractivity contribution in [1.82, 2.24) is 5.32 Å². The lowest BCUT2D eigenvalue weighted by Crippen LogP contribution is -2.23. The zero-order valence-corrected chi connectivity index (χ0v) is 13.9. The normalized spacial score (nSPS) is 12.3. The monoisotopic (exact) mass is 293 g/mol. The molecule has 0 radical (unpaired) electrons. The van der Waals surface area contributed by atoms with E-state index < -0.39 is 0 Å². The Morgan fingerprint density at radius 3 is 2.52 bits per heavy atom. The molecule has 0 aliphatic carbocycles. The molecule has 0 heterocycles. The summed E-state index contributed by atoms with van der Waals surface area (Å²) < 4.78 is 11.6. The molecule has 1 aromatic carbocycles. The van der Waals surface area contributed by atoms with Gasteiger partial charge in [-0.1, -0.05) is 57.7 Å². The molecule has 0 aliphatic rings. The van der Waals surface area contributed by atoms with Gasteiger partial charge in [0.05, 0.1) is 13.2 Å². The highest BCUT2D eigenvalue weighted by molar-refractivity contribution is 5.35. The predicted octanol–water partition coefficient (Wildman–Crippen LogP) is 4.33. The molecular weight excluding hydrogens is 262 g/mol. The van der Waals surface area contributed by atoms with Gasteiger partial charge in [-0.2, -0.15) is 0 Å². The molecule has 0 aliphatic heterocycles. The Bertz CT molecular complexity index is 368. The van der Waals surface area contributed by atoms with E-state index >= 15 is 0 Å². The van der Waals surface area contributed by atoms with Crippen LogP contribution in [0.25, 0.3) is 0 Å². The van der Waals surface area contributed by atoms with E-state index in [9.17, 15) is 0 Å². The molecule has 3 heteroatoms. The van der Waals surface area contributed by atoms with Crippen LogP contribution in [0, 0.1) is 0 Å². The van der Waals surface area contributed by atoms with E-state index in [4.69, 9.17) is 9.47 Å². The minimum absolute atomic E-state index is 0.0623. The highest BCUT2D eigenvalue weighted by Crippen LogP contribution is 2.27. The lowest BCUT2D eigenvalue weighted by Gasteiger charge is -2.21. The van der Waals surface area contributed by atoms with Gasteiger partial charge in [-0.3, -0.25) is 0 Å². The summed E-state index contributed by atoms with van der Waals surface area (Å²) in [7, 11) is 1.72. The third-order valence-corrected chi connectivity index (χ3v) is 3.63. The van der Waals surface area contributed by atoms with Gasteiger partial charge in [0.15, 0.2) is 0 Å². The Morgan fingerprint density at radius 2 is 1.81 bits per heavy atom. The van der Waals surface area contributed by atoms with Gasteiger partial charge >= 0.3 is 0 Å². The van der Waals surface area contributed by atoms with Crippen LogP contribution in [0.1, 0.15) is 57.6 Å². The van der Waals surface area contributed by atoms with E-state index in [0.29, 0.717) is 0 Å². The maximum absolute atomic E-state index is 6.11. The summed E-state index contributed by atoms with van der Waals surface area (Å²) in [4.78, 5) is 0. The third-order valence-electron chi connectivity index (χ3n) is 3.63.